The van der Waals surface area contributed by atoms with Gasteiger partial charge >= 0.3 is 5.97 Å². The average Bonchev–Trinajstić information content (AvgIpc) is 2.57. The lowest BCUT2D eigenvalue weighted by molar-refractivity contribution is -0.141. The number of methoxy groups -OCH3 is 1. The molecule has 0 spiro atoms. The number of likely N-dealkylation sites (N-methyl/N-ethyl adjacent to an activating group) is 1. The summed E-state index contributed by atoms with van der Waals surface area (Å²) in [6.45, 7) is 6.67. The van der Waals surface area contributed by atoms with Gasteiger partial charge < -0.3 is 23.8 Å². The normalized spacial score (nSPS) is 10.0. The number of carbonyl (C=O) groups excluding carboxylic acids is 2. The molecule has 0 aliphatic carbocycles. The van der Waals surface area contributed by atoms with Gasteiger partial charge in [-0.15, -0.1) is 0 Å². The van der Waals surface area contributed by atoms with Crippen LogP contribution in [0.2, 0.25) is 0 Å². The zero-order chi connectivity index (χ0) is 18.1. The highest BCUT2D eigenvalue weighted by atomic mass is 16.5. The molecule has 134 valence electrons. The molecule has 0 atom stereocenters. The van der Waals surface area contributed by atoms with Crippen LogP contribution in [-0.4, -0.2) is 57.3 Å². The number of ether oxygens (including phenoxy) is 4. The fourth-order valence-electron chi connectivity index (χ4n) is 2.06. The van der Waals surface area contributed by atoms with Gasteiger partial charge in [-0.2, -0.15) is 0 Å². The summed E-state index contributed by atoms with van der Waals surface area (Å²) in [6, 6.07) is 3.18. The number of esters is 1. The molecule has 0 radical (unpaired) electrons. The van der Waals surface area contributed by atoms with E-state index in [9.17, 15) is 9.59 Å². The van der Waals surface area contributed by atoms with Crippen LogP contribution in [0.25, 0.3) is 0 Å². The third kappa shape index (κ3) is 5.04. The molecular weight excluding hydrogens is 314 g/mol. The Hall–Kier alpha value is -2.44. The highest BCUT2D eigenvalue weighted by Gasteiger charge is 2.21. The largest absolute Gasteiger partial charge is 0.490 e. The number of amides is 1. The molecular formula is C17H25NO6. The van der Waals surface area contributed by atoms with Crippen molar-refractivity contribution < 1.29 is 28.5 Å². The smallest absolute Gasteiger partial charge is 0.325 e. The maximum absolute atomic E-state index is 12.5. The quantitative estimate of drug-likeness (QED) is 0.642. The van der Waals surface area contributed by atoms with Gasteiger partial charge in [-0.05, 0) is 32.9 Å². The maximum Gasteiger partial charge on any atom is 0.325 e. The van der Waals surface area contributed by atoms with Crippen LogP contribution in [0.1, 0.15) is 31.1 Å². The van der Waals surface area contributed by atoms with Gasteiger partial charge in [-0.3, -0.25) is 9.59 Å². The van der Waals surface area contributed by atoms with Crippen LogP contribution in [0, 0.1) is 0 Å². The lowest BCUT2D eigenvalue weighted by atomic mass is 10.1. The molecule has 0 heterocycles. The van der Waals surface area contributed by atoms with E-state index in [1.54, 1.807) is 12.1 Å². The summed E-state index contributed by atoms with van der Waals surface area (Å²) in [4.78, 5) is 25.2. The summed E-state index contributed by atoms with van der Waals surface area (Å²) in [5.74, 6) is 0.491. The minimum absolute atomic E-state index is 0.142. The minimum Gasteiger partial charge on any atom is -0.490 e. The second kappa shape index (κ2) is 9.64. The first-order valence-electron chi connectivity index (χ1n) is 7.87. The Morgan fingerprint density at radius 1 is 0.958 bits per heavy atom. The van der Waals surface area contributed by atoms with Crippen LogP contribution >= 0.6 is 0 Å². The predicted molar refractivity (Wildman–Crippen MR) is 88.9 cm³/mol. The highest BCUT2D eigenvalue weighted by Crippen LogP contribution is 2.39. The summed E-state index contributed by atoms with van der Waals surface area (Å²) in [6.07, 6.45) is 0. The van der Waals surface area contributed by atoms with E-state index in [-0.39, 0.29) is 12.5 Å². The van der Waals surface area contributed by atoms with E-state index in [0.717, 1.165) is 0 Å². The zero-order valence-electron chi connectivity index (χ0n) is 14.9. The van der Waals surface area contributed by atoms with E-state index in [1.165, 1.54) is 19.1 Å². The van der Waals surface area contributed by atoms with E-state index >= 15 is 0 Å². The Labute approximate surface area is 142 Å². The fourth-order valence-corrected chi connectivity index (χ4v) is 2.06. The van der Waals surface area contributed by atoms with Gasteiger partial charge in [0.2, 0.25) is 5.75 Å². The Balaban J connectivity index is 3.22. The van der Waals surface area contributed by atoms with Crippen LogP contribution in [0.3, 0.4) is 0 Å². The molecule has 0 unspecified atom stereocenters. The van der Waals surface area contributed by atoms with Gasteiger partial charge in [-0.25, -0.2) is 0 Å². The molecule has 1 aromatic rings. The maximum atomic E-state index is 12.5. The van der Waals surface area contributed by atoms with Crippen LogP contribution < -0.4 is 14.2 Å². The molecule has 0 aromatic heterocycles. The van der Waals surface area contributed by atoms with E-state index in [1.807, 2.05) is 20.8 Å². The van der Waals surface area contributed by atoms with E-state index in [4.69, 9.17) is 14.2 Å². The van der Waals surface area contributed by atoms with E-state index in [2.05, 4.69) is 4.74 Å². The van der Waals surface area contributed by atoms with E-state index in [0.29, 0.717) is 42.6 Å². The Bertz CT molecular complexity index is 545. The van der Waals surface area contributed by atoms with Crippen molar-refractivity contribution in [3.63, 3.8) is 0 Å². The van der Waals surface area contributed by atoms with Crippen LogP contribution in [0.5, 0.6) is 17.2 Å². The first-order chi connectivity index (χ1) is 11.5. The summed E-state index contributed by atoms with van der Waals surface area (Å²) in [7, 11) is 2.80. The number of rotatable bonds is 9. The summed E-state index contributed by atoms with van der Waals surface area (Å²) in [5.41, 5.74) is 0.344. The first kappa shape index (κ1) is 19.6. The number of nitrogens with zero attached hydrogens (tertiary/aromatic N) is 1. The molecule has 0 fully saturated rings. The first-order valence-corrected chi connectivity index (χ1v) is 7.87. The lowest BCUT2D eigenvalue weighted by Crippen LogP contribution is -2.32. The van der Waals surface area contributed by atoms with Crippen molar-refractivity contribution >= 4 is 11.9 Å². The molecule has 0 aliphatic heterocycles. The lowest BCUT2D eigenvalue weighted by Gasteiger charge is -2.19. The van der Waals surface area contributed by atoms with Crippen LogP contribution in [0.4, 0.5) is 0 Å². The standard InChI is InChI=1S/C17H25NO6/c1-6-22-13-9-12(17(20)18(4)11-15(19)21-5)10-14(23-7-2)16(13)24-8-3/h9-10H,6-8,11H2,1-5H3. The monoisotopic (exact) mass is 339 g/mol. The Morgan fingerprint density at radius 3 is 1.88 bits per heavy atom. The van der Waals surface area contributed by atoms with Crippen molar-refractivity contribution in [2.45, 2.75) is 20.8 Å². The van der Waals surface area contributed by atoms with Crippen molar-refractivity contribution in [1.29, 1.82) is 0 Å². The topological polar surface area (TPSA) is 74.3 Å². The molecule has 0 bridgehead atoms. The van der Waals surface area contributed by atoms with Crippen molar-refractivity contribution in [3.05, 3.63) is 17.7 Å². The number of benzene rings is 1. The van der Waals surface area contributed by atoms with Gasteiger partial charge in [-0.1, -0.05) is 0 Å². The van der Waals surface area contributed by atoms with Gasteiger partial charge in [0.15, 0.2) is 11.5 Å². The molecule has 7 heteroatoms. The fraction of sp³-hybridized carbons (Fsp3) is 0.529. The Kier molecular flexibility index (Phi) is 7.88. The van der Waals surface area contributed by atoms with Crippen molar-refractivity contribution in [2.75, 3.05) is 40.5 Å². The molecule has 0 aliphatic rings. The second-order valence-electron chi connectivity index (χ2n) is 4.84. The van der Waals surface area contributed by atoms with Gasteiger partial charge in [0, 0.05) is 12.6 Å². The van der Waals surface area contributed by atoms with Crippen molar-refractivity contribution in [1.82, 2.24) is 4.90 Å². The molecule has 0 saturated heterocycles. The number of hydrogen-bond acceptors (Lipinski definition) is 6. The second-order valence-corrected chi connectivity index (χ2v) is 4.84. The summed E-state index contributed by atoms with van der Waals surface area (Å²) in [5, 5.41) is 0. The number of carbonyl (C=O) groups is 2. The zero-order valence-corrected chi connectivity index (χ0v) is 14.9. The van der Waals surface area contributed by atoms with Crippen molar-refractivity contribution in [3.8, 4) is 17.2 Å². The highest BCUT2D eigenvalue weighted by molar-refractivity contribution is 5.97. The van der Waals surface area contributed by atoms with Gasteiger partial charge in [0.1, 0.15) is 6.54 Å². The third-order valence-electron chi connectivity index (χ3n) is 3.10. The SMILES string of the molecule is CCOc1cc(C(=O)N(C)CC(=O)OC)cc(OCC)c1OCC. The average molecular weight is 339 g/mol. The number of hydrogen-bond donors (Lipinski definition) is 0. The summed E-state index contributed by atoms with van der Waals surface area (Å²) < 4.78 is 21.3. The Morgan fingerprint density at radius 2 is 1.46 bits per heavy atom. The molecule has 24 heavy (non-hydrogen) atoms. The van der Waals surface area contributed by atoms with Gasteiger partial charge in [0.05, 0.1) is 26.9 Å². The van der Waals surface area contributed by atoms with E-state index < -0.39 is 5.97 Å². The molecule has 1 aromatic carbocycles. The molecule has 7 nitrogen and oxygen atoms in total. The molecule has 1 rings (SSSR count). The van der Waals surface area contributed by atoms with Crippen LogP contribution in [-0.2, 0) is 9.53 Å². The van der Waals surface area contributed by atoms with Gasteiger partial charge in [0.25, 0.3) is 5.91 Å². The van der Waals surface area contributed by atoms with Crippen LogP contribution in [0.15, 0.2) is 12.1 Å². The third-order valence-corrected chi connectivity index (χ3v) is 3.10. The molecule has 1 amide bonds. The molecule has 0 saturated carbocycles. The van der Waals surface area contributed by atoms with Crippen molar-refractivity contribution in [2.24, 2.45) is 0 Å². The molecule has 0 N–H and O–H groups in total. The predicted octanol–water partition coefficient (Wildman–Crippen LogP) is 2.13. The minimum atomic E-state index is -0.494. The summed E-state index contributed by atoms with van der Waals surface area (Å²) >= 11 is 0.